The van der Waals surface area contributed by atoms with Gasteiger partial charge in [-0.1, -0.05) is 6.08 Å². The Labute approximate surface area is 82.2 Å². The molecule has 1 aliphatic rings. The second-order valence-electron chi connectivity index (χ2n) is 4.08. The van der Waals surface area contributed by atoms with Gasteiger partial charge in [0.1, 0.15) is 0 Å². The quantitative estimate of drug-likeness (QED) is 0.644. The minimum absolute atomic E-state index is 0.757. The number of likely N-dealkylation sites (tertiary alicyclic amines) is 1. The van der Waals surface area contributed by atoms with Gasteiger partial charge in [-0.05, 0) is 46.8 Å². The summed E-state index contributed by atoms with van der Waals surface area (Å²) >= 11 is 0. The van der Waals surface area contributed by atoms with Crippen LogP contribution in [0, 0.1) is 0 Å². The molecule has 0 saturated carbocycles. The smallest absolute Gasteiger partial charge is 0.0307 e. The molecule has 0 aromatic carbocycles. The van der Waals surface area contributed by atoms with Gasteiger partial charge in [0.15, 0.2) is 0 Å². The molecule has 1 heterocycles. The Morgan fingerprint density at radius 1 is 1.38 bits per heavy atom. The molecule has 0 bridgehead atoms. The summed E-state index contributed by atoms with van der Waals surface area (Å²) in [6.07, 6.45) is 4.80. The van der Waals surface area contributed by atoms with E-state index in [-0.39, 0.29) is 0 Å². The van der Waals surface area contributed by atoms with E-state index >= 15 is 0 Å². The lowest BCUT2D eigenvalue weighted by Crippen LogP contribution is -2.41. The van der Waals surface area contributed by atoms with Crippen molar-refractivity contribution in [2.75, 3.05) is 27.2 Å². The van der Waals surface area contributed by atoms with Crippen molar-refractivity contribution >= 4 is 0 Å². The Kier molecular flexibility index (Phi) is 3.79. The molecule has 0 N–H and O–H groups in total. The first-order valence-corrected chi connectivity index (χ1v) is 5.19. The standard InChI is InChI=1S/C11H22N2/c1-5-10(2)13(4)11-6-8-12(3)9-7-11/h5,11H,6-9H2,1-4H3/b10-5+. The van der Waals surface area contributed by atoms with Crippen molar-refractivity contribution in [3.8, 4) is 0 Å². The van der Waals surface area contributed by atoms with Gasteiger partial charge < -0.3 is 9.80 Å². The molecule has 1 fully saturated rings. The van der Waals surface area contributed by atoms with Crippen LogP contribution in [0.1, 0.15) is 26.7 Å². The Bertz CT molecular complexity index is 179. The number of allylic oxidation sites excluding steroid dienone is 2. The summed E-state index contributed by atoms with van der Waals surface area (Å²) < 4.78 is 0. The van der Waals surface area contributed by atoms with E-state index in [2.05, 4.69) is 43.8 Å². The maximum absolute atomic E-state index is 2.42. The molecule has 0 unspecified atom stereocenters. The van der Waals surface area contributed by atoms with Crippen molar-refractivity contribution in [1.29, 1.82) is 0 Å². The van der Waals surface area contributed by atoms with Crippen molar-refractivity contribution in [3.05, 3.63) is 11.8 Å². The predicted octanol–water partition coefficient (Wildman–Crippen LogP) is 1.94. The molecule has 0 aromatic rings. The summed E-state index contributed by atoms with van der Waals surface area (Å²) in [6, 6.07) is 0.757. The lowest BCUT2D eigenvalue weighted by atomic mass is 10.0. The summed E-state index contributed by atoms with van der Waals surface area (Å²) in [5.74, 6) is 0. The monoisotopic (exact) mass is 182 g/mol. The van der Waals surface area contributed by atoms with Crippen LogP contribution in [-0.4, -0.2) is 43.0 Å². The molecule has 1 saturated heterocycles. The third kappa shape index (κ3) is 2.73. The first-order chi connectivity index (χ1) is 6.15. The molecular weight excluding hydrogens is 160 g/mol. The summed E-state index contributed by atoms with van der Waals surface area (Å²) in [7, 11) is 4.42. The normalized spacial score (nSPS) is 22.0. The Morgan fingerprint density at radius 2 is 1.92 bits per heavy atom. The average molecular weight is 182 g/mol. The number of rotatable bonds is 2. The Hall–Kier alpha value is -0.500. The zero-order valence-electron chi connectivity index (χ0n) is 9.38. The topological polar surface area (TPSA) is 6.48 Å². The maximum Gasteiger partial charge on any atom is 0.0307 e. The molecule has 13 heavy (non-hydrogen) atoms. The first kappa shape index (κ1) is 10.6. The molecular formula is C11H22N2. The van der Waals surface area contributed by atoms with Gasteiger partial charge in [-0.25, -0.2) is 0 Å². The predicted molar refractivity (Wildman–Crippen MR) is 57.7 cm³/mol. The molecule has 0 aromatic heterocycles. The van der Waals surface area contributed by atoms with Crippen molar-refractivity contribution in [1.82, 2.24) is 9.80 Å². The van der Waals surface area contributed by atoms with Gasteiger partial charge in [0, 0.05) is 18.8 Å². The number of hydrogen-bond acceptors (Lipinski definition) is 2. The van der Waals surface area contributed by atoms with Gasteiger partial charge in [0.2, 0.25) is 0 Å². The Balaban J connectivity index is 2.44. The van der Waals surface area contributed by atoms with Crippen LogP contribution in [0.15, 0.2) is 11.8 Å². The third-order valence-electron chi connectivity index (χ3n) is 3.21. The van der Waals surface area contributed by atoms with Gasteiger partial charge in [0.25, 0.3) is 0 Å². The van der Waals surface area contributed by atoms with Gasteiger partial charge >= 0.3 is 0 Å². The third-order valence-corrected chi connectivity index (χ3v) is 3.21. The lowest BCUT2D eigenvalue weighted by molar-refractivity contribution is 0.170. The van der Waals surface area contributed by atoms with Gasteiger partial charge in [-0.3, -0.25) is 0 Å². The molecule has 0 amide bonds. The highest BCUT2D eigenvalue weighted by Crippen LogP contribution is 2.17. The molecule has 0 spiro atoms. The van der Waals surface area contributed by atoms with Crippen LogP contribution in [0.5, 0.6) is 0 Å². The number of nitrogens with zero attached hydrogens (tertiary/aromatic N) is 2. The minimum atomic E-state index is 0.757. The van der Waals surface area contributed by atoms with Crippen LogP contribution in [0.4, 0.5) is 0 Å². The van der Waals surface area contributed by atoms with Crippen LogP contribution < -0.4 is 0 Å². The molecule has 76 valence electrons. The van der Waals surface area contributed by atoms with E-state index < -0.39 is 0 Å². The van der Waals surface area contributed by atoms with Gasteiger partial charge in [-0.15, -0.1) is 0 Å². The second kappa shape index (κ2) is 4.66. The average Bonchev–Trinajstić information content (AvgIpc) is 2.17. The summed E-state index contributed by atoms with van der Waals surface area (Å²) in [4.78, 5) is 4.84. The van der Waals surface area contributed by atoms with E-state index in [1.54, 1.807) is 0 Å². The maximum atomic E-state index is 2.42. The van der Waals surface area contributed by atoms with Crippen molar-refractivity contribution in [2.45, 2.75) is 32.7 Å². The van der Waals surface area contributed by atoms with Crippen molar-refractivity contribution in [3.63, 3.8) is 0 Å². The van der Waals surface area contributed by atoms with Crippen LogP contribution in [-0.2, 0) is 0 Å². The van der Waals surface area contributed by atoms with Crippen molar-refractivity contribution < 1.29 is 0 Å². The van der Waals surface area contributed by atoms with E-state index in [1.807, 2.05) is 0 Å². The van der Waals surface area contributed by atoms with E-state index in [4.69, 9.17) is 0 Å². The van der Waals surface area contributed by atoms with Gasteiger partial charge in [-0.2, -0.15) is 0 Å². The van der Waals surface area contributed by atoms with Crippen LogP contribution >= 0.6 is 0 Å². The SMILES string of the molecule is C/C=C(\C)N(C)C1CCN(C)CC1. The van der Waals surface area contributed by atoms with E-state index in [1.165, 1.54) is 31.6 Å². The van der Waals surface area contributed by atoms with E-state index in [0.29, 0.717) is 0 Å². The second-order valence-corrected chi connectivity index (χ2v) is 4.08. The van der Waals surface area contributed by atoms with Crippen LogP contribution in [0.2, 0.25) is 0 Å². The molecule has 1 aliphatic heterocycles. The summed E-state index contributed by atoms with van der Waals surface area (Å²) in [6.45, 7) is 6.79. The fourth-order valence-electron chi connectivity index (χ4n) is 1.87. The lowest BCUT2D eigenvalue weighted by Gasteiger charge is -2.36. The molecule has 2 nitrogen and oxygen atoms in total. The summed E-state index contributed by atoms with van der Waals surface area (Å²) in [5.41, 5.74) is 1.40. The zero-order valence-corrected chi connectivity index (χ0v) is 9.38. The van der Waals surface area contributed by atoms with E-state index in [9.17, 15) is 0 Å². The molecule has 0 atom stereocenters. The molecule has 0 aliphatic carbocycles. The minimum Gasteiger partial charge on any atom is -0.375 e. The van der Waals surface area contributed by atoms with Crippen LogP contribution in [0.3, 0.4) is 0 Å². The van der Waals surface area contributed by atoms with Crippen LogP contribution in [0.25, 0.3) is 0 Å². The van der Waals surface area contributed by atoms with E-state index in [0.717, 1.165) is 6.04 Å². The largest absolute Gasteiger partial charge is 0.375 e. The highest BCUT2D eigenvalue weighted by Gasteiger charge is 2.19. The highest BCUT2D eigenvalue weighted by atomic mass is 15.2. The molecule has 2 heteroatoms. The number of piperidine rings is 1. The summed E-state index contributed by atoms with van der Waals surface area (Å²) in [5, 5.41) is 0. The Morgan fingerprint density at radius 3 is 2.38 bits per heavy atom. The van der Waals surface area contributed by atoms with Gasteiger partial charge in [0.05, 0.1) is 0 Å². The van der Waals surface area contributed by atoms with Crippen molar-refractivity contribution in [2.24, 2.45) is 0 Å². The molecule has 0 radical (unpaired) electrons. The zero-order chi connectivity index (χ0) is 9.84. The fourth-order valence-corrected chi connectivity index (χ4v) is 1.87. The fraction of sp³-hybridized carbons (Fsp3) is 0.818. The highest BCUT2D eigenvalue weighted by molar-refractivity contribution is 4.97. The number of hydrogen-bond donors (Lipinski definition) is 0. The first-order valence-electron chi connectivity index (χ1n) is 5.19. The molecule has 1 rings (SSSR count).